The number of fused-ring (bicyclic) bond motifs is 1. The molecule has 0 amide bonds. The van der Waals surface area contributed by atoms with Crippen LogP contribution in [0.2, 0.25) is 0 Å². The number of benzene rings is 3. The molecule has 2 aromatic heterocycles. The predicted octanol–water partition coefficient (Wildman–Crippen LogP) is 5.85. The highest BCUT2D eigenvalue weighted by Gasteiger charge is 2.21. The van der Waals surface area contributed by atoms with Crippen molar-refractivity contribution in [1.82, 2.24) is 9.55 Å². The van der Waals surface area contributed by atoms with Crippen molar-refractivity contribution < 1.29 is 32.5 Å². The van der Waals surface area contributed by atoms with Crippen LogP contribution in [-0.2, 0) is 21.8 Å². The molecule has 13 heteroatoms. The van der Waals surface area contributed by atoms with Gasteiger partial charge in [0.15, 0.2) is 0 Å². The number of aryl methyl sites for hydroxylation is 1. The van der Waals surface area contributed by atoms with Crippen LogP contribution in [0.15, 0.2) is 90.0 Å². The van der Waals surface area contributed by atoms with Crippen LogP contribution < -0.4 is 24.7 Å². The summed E-state index contributed by atoms with van der Waals surface area (Å²) in [6.07, 6.45) is 5.23. The average Bonchev–Trinajstić information content (AvgIpc) is 3.60. The number of carboxylic acid groups (broad SMARTS) is 1. The number of nitrogens with zero attached hydrogens (tertiary/aromatic N) is 2. The van der Waals surface area contributed by atoms with Crippen LogP contribution in [0.3, 0.4) is 0 Å². The summed E-state index contributed by atoms with van der Waals surface area (Å²) in [6, 6.07) is 21.0. The smallest absolute Gasteiger partial charge is 0.335 e. The van der Waals surface area contributed by atoms with E-state index in [9.17, 15) is 18.0 Å². The Morgan fingerprint density at radius 3 is 2.47 bits per heavy atom. The van der Waals surface area contributed by atoms with Crippen LogP contribution in [0.25, 0.3) is 22.0 Å². The van der Waals surface area contributed by atoms with Gasteiger partial charge in [0.1, 0.15) is 29.4 Å². The molecule has 3 heterocycles. The zero-order valence-electron chi connectivity index (χ0n) is 27.2. The summed E-state index contributed by atoms with van der Waals surface area (Å²) in [5.74, 6) is 0.569. The van der Waals surface area contributed by atoms with Gasteiger partial charge in [-0.3, -0.25) is 9.52 Å². The van der Waals surface area contributed by atoms with Crippen LogP contribution in [0.1, 0.15) is 30.1 Å². The fourth-order valence-corrected chi connectivity index (χ4v) is 6.48. The van der Waals surface area contributed by atoms with Gasteiger partial charge < -0.3 is 33.8 Å². The number of anilines is 2. The second-order valence-electron chi connectivity index (χ2n) is 11.8. The Kier molecular flexibility index (Phi) is 9.92. The molecule has 256 valence electrons. The molecule has 12 nitrogen and oxygen atoms in total. The molecule has 5 aromatic rings. The third-order valence-electron chi connectivity index (χ3n) is 8.48. The summed E-state index contributed by atoms with van der Waals surface area (Å²) in [6.45, 7) is 3.97. The Labute approximate surface area is 283 Å². The number of rotatable bonds is 13. The SMILES string of the molecule is CCS(=O)(=O)Nc1ccc(Oc2cccc(OCCOC3CCN(c4ccc(C(=O)O)cc4)CC3)c2)c(-c2cn(C)c(=O)c3[nH]ccc23)c1. The van der Waals surface area contributed by atoms with E-state index < -0.39 is 16.0 Å². The molecular weight excluding hydrogens is 648 g/mol. The fourth-order valence-electron chi connectivity index (χ4n) is 5.85. The molecule has 0 atom stereocenters. The number of hydrogen-bond acceptors (Lipinski definition) is 8. The Balaban J connectivity index is 1.10. The van der Waals surface area contributed by atoms with Gasteiger partial charge in [0.2, 0.25) is 10.0 Å². The van der Waals surface area contributed by atoms with Crippen LogP contribution in [0, 0.1) is 0 Å². The first-order valence-electron chi connectivity index (χ1n) is 16.0. The summed E-state index contributed by atoms with van der Waals surface area (Å²) in [5, 5.41) is 9.81. The summed E-state index contributed by atoms with van der Waals surface area (Å²) in [5.41, 5.74) is 3.19. The summed E-state index contributed by atoms with van der Waals surface area (Å²) in [7, 11) is -1.87. The number of sulfonamides is 1. The number of ether oxygens (including phenoxy) is 3. The number of aromatic amines is 1. The highest BCUT2D eigenvalue weighted by atomic mass is 32.2. The lowest BCUT2D eigenvalue weighted by molar-refractivity contribution is 0.0202. The van der Waals surface area contributed by atoms with Gasteiger partial charge in [-0.2, -0.15) is 0 Å². The second-order valence-corrected chi connectivity index (χ2v) is 13.8. The number of pyridine rings is 1. The molecule has 1 aliphatic heterocycles. The number of aromatic carboxylic acids is 1. The van der Waals surface area contributed by atoms with E-state index in [1.165, 1.54) is 4.57 Å². The highest BCUT2D eigenvalue weighted by molar-refractivity contribution is 7.92. The second kappa shape index (κ2) is 14.5. The van der Waals surface area contributed by atoms with Gasteiger partial charge in [0.05, 0.1) is 24.0 Å². The van der Waals surface area contributed by atoms with E-state index >= 15 is 0 Å². The van der Waals surface area contributed by atoms with E-state index in [0.29, 0.717) is 58.2 Å². The molecule has 0 spiro atoms. The standard InChI is InChI=1S/C36H38N4O8S/c1-3-49(44,45)38-25-9-12-33(31(21-25)32-23-39(2)35(41)34-30(32)13-16-37-34)48-29-6-4-5-28(22-29)47-20-19-46-27-14-17-40(18-15-27)26-10-7-24(8-11-26)36(42)43/h4-13,16,21-23,27,37-38H,3,14-15,17-20H2,1-2H3,(H,42,43). The monoisotopic (exact) mass is 686 g/mol. The minimum atomic E-state index is -3.53. The maximum absolute atomic E-state index is 12.7. The van der Waals surface area contributed by atoms with Gasteiger partial charge in [-0.05, 0) is 80.4 Å². The van der Waals surface area contributed by atoms with Crippen LogP contribution >= 0.6 is 0 Å². The van der Waals surface area contributed by atoms with Crippen molar-refractivity contribution in [2.75, 3.05) is 41.7 Å². The van der Waals surface area contributed by atoms with Crippen molar-refractivity contribution in [2.24, 2.45) is 7.05 Å². The topological polar surface area (TPSA) is 152 Å². The maximum Gasteiger partial charge on any atom is 0.335 e. The van der Waals surface area contributed by atoms with E-state index in [1.54, 1.807) is 74.9 Å². The van der Waals surface area contributed by atoms with Crippen LogP contribution in [0.4, 0.5) is 11.4 Å². The summed E-state index contributed by atoms with van der Waals surface area (Å²) in [4.78, 5) is 29.1. The van der Waals surface area contributed by atoms with Gasteiger partial charge in [0.25, 0.3) is 5.56 Å². The average molecular weight is 687 g/mol. The molecule has 0 bridgehead atoms. The number of H-pyrrole nitrogens is 1. The van der Waals surface area contributed by atoms with Crippen molar-refractivity contribution in [1.29, 1.82) is 0 Å². The Bertz CT molecular complexity index is 2120. The molecule has 0 saturated carbocycles. The number of nitrogens with one attached hydrogen (secondary N) is 2. The molecule has 6 rings (SSSR count). The van der Waals surface area contributed by atoms with Crippen LogP contribution in [0.5, 0.6) is 17.2 Å². The van der Waals surface area contributed by atoms with E-state index in [2.05, 4.69) is 14.6 Å². The quantitative estimate of drug-likeness (QED) is 0.130. The first kappa shape index (κ1) is 33.6. The lowest BCUT2D eigenvalue weighted by Crippen LogP contribution is -2.37. The van der Waals surface area contributed by atoms with Crippen molar-refractivity contribution in [3.05, 3.63) is 101 Å². The van der Waals surface area contributed by atoms with Crippen LogP contribution in [-0.4, -0.2) is 67.2 Å². The first-order chi connectivity index (χ1) is 23.6. The lowest BCUT2D eigenvalue weighted by Gasteiger charge is -2.33. The lowest BCUT2D eigenvalue weighted by atomic mass is 10.0. The van der Waals surface area contributed by atoms with E-state index in [1.807, 2.05) is 24.3 Å². The number of carbonyl (C=O) groups is 1. The summed E-state index contributed by atoms with van der Waals surface area (Å²) >= 11 is 0. The molecule has 1 saturated heterocycles. The number of piperidine rings is 1. The van der Waals surface area contributed by atoms with Gasteiger partial charge in [-0.1, -0.05) is 6.07 Å². The molecule has 1 aliphatic rings. The minimum Gasteiger partial charge on any atom is -0.491 e. The normalized spacial score (nSPS) is 13.8. The molecule has 49 heavy (non-hydrogen) atoms. The van der Waals surface area contributed by atoms with Crippen molar-refractivity contribution >= 4 is 38.3 Å². The van der Waals surface area contributed by atoms with Gasteiger partial charge in [-0.25, -0.2) is 13.2 Å². The van der Waals surface area contributed by atoms with Crippen molar-refractivity contribution in [2.45, 2.75) is 25.9 Å². The number of hydrogen-bond donors (Lipinski definition) is 3. The molecular formula is C36H38N4O8S. The summed E-state index contributed by atoms with van der Waals surface area (Å²) < 4.78 is 47.2. The van der Waals surface area contributed by atoms with Gasteiger partial charge in [-0.15, -0.1) is 0 Å². The fraction of sp³-hybridized carbons (Fsp3) is 0.278. The molecule has 3 N–H and O–H groups in total. The van der Waals surface area contributed by atoms with E-state index in [4.69, 9.17) is 19.3 Å². The van der Waals surface area contributed by atoms with Crippen molar-refractivity contribution in [3.63, 3.8) is 0 Å². The third kappa shape index (κ3) is 7.90. The highest BCUT2D eigenvalue weighted by Crippen LogP contribution is 2.39. The third-order valence-corrected chi connectivity index (χ3v) is 9.78. The largest absolute Gasteiger partial charge is 0.491 e. The Morgan fingerprint density at radius 2 is 1.73 bits per heavy atom. The number of carboxylic acids is 1. The zero-order valence-corrected chi connectivity index (χ0v) is 28.0. The minimum absolute atomic E-state index is 0.0773. The molecule has 0 unspecified atom stereocenters. The Hall–Kier alpha value is -5.27. The molecule has 3 aromatic carbocycles. The van der Waals surface area contributed by atoms with E-state index in [-0.39, 0.29) is 23.0 Å². The zero-order chi connectivity index (χ0) is 34.5. The predicted molar refractivity (Wildman–Crippen MR) is 189 cm³/mol. The molecule has 0 radical (unpaired) electrons. The van der Waals surface area contributed by atoms with Crippen molar-refractivity contribution in [3.8, 4) is 28.4 Å². The number of aromatic nitrogens is 2. The van der Waals surface area contributed by atoms with Gasteiger partial charge >= 0.3 is 5.97 Å². The Morgan fingerprint density at radius 1 is 0.980 bits per heavy atom. The van der Waals surface area contributed by atoms with Gasteiger partial charge in [0, 0.05) is 66.5 Å². The molecule has 1 fully saturated rings. The maximum atomic E-state index is 12.7. The first-order valence-corrected chi connectivity index (χ1v) is 17.7. The molecule has 0 aliphatic carbocycles. The van der Waals surface area contributed by atoms with E-state index in [0.717, 1.165) is 31.6 Å².